The lowest BCUT2D eigenvalue weighted by molar-refractivity contribution is 0.0499. The van der Waals surface area contributed by atoms with Crippen molar-refractivity contribution in [1.82, 2.24) is 4.57 Å². The normalized spacial score (nSPS) is 11.3. The van der Waals surface area contributed by atoms with E-state index in [1.54, 1.807) is 6.07 Å². The highest BCUT2D eigenvalue weighted by Gasteiger charge is 2.25. The average molecular weight is 518 g/mol. The second kappa shape index (κ2) is 12.2. The number of unbranched alkanes of at least 4 members (excludes halogenated alkanes) is 1. The standard InChI is InChI=1S/C32H33F2NO3/c1-4-5-17-38-32(37)24-13-14-25-28(19-24)35(20-23-9-7-6-8-10-23)31(21(2)3)30(25)29(36)16-12-22-11-15-26(33)27(34)18-22/h6-11,13-15,18-19,21H,4-5,12,16-17,20H2,1-3H3. The fourth-order valence-electron chi connectivity index (χ4n) is 4.80. The second-order valence-electron chi connectivity index (χ2n) is 9.88. The number of ether oxygens (including phenoxy) is 1. The molecule has 0 aliphatic carbocycles. The number of fused-ring (bicyclic) bond motifs is 1. The summed E-state index contributed by atoms with van der Waals surface area (Å²) >= 11 is 0. The summed E-state index contributed by atoms with van der Waals surface area (Å²) in [5.41, 5.74) is 4.36. The zero-order valence-electron chi connectivity index (χ0n) is 22.1. The molecule has 0 spiro atoms. The molecule has 0 N–H and O–H groups in total. The van der Waals surface area contributed by atoms with E-state index in [1.165, 1.54) is 6.07 Å². The van der Waals surface area contributed by atoms with E-state index in [1.807, 2.05) is 63.2 Å². The van der Waals surface area contributed by atoms with Crippen molar-refractivity contribution in [3.63, 3.8) is 0 Å². The molecule has 1 aromatic heterocycles. The summed E-state index contributed by atoms with van der Waals surface area (Å²) in [6.45, 7) is 7.03. The van der Waals surface area contributed by atoms with Crippen LogP contribution in [0.25, 0.3) is 10.9 Å². The molecule has 0 saturated heterocycles. The minimum atomic E-state index is -0.921. The Kier molecular flexibility index (Phi) is 8.72. The summed E-state index contributed by atoms with van der Waals surface area (Å²) in [5, 5.41) is 0.769. The zero-order valence-corrected chi connectivity index (χ0v) is 22.1. The number of aryl methyl sites for hydroxylation is 1. The molecule has 198 valence electrons. The number of hydrogen-bond donors (Lipinski definition) is 0. The summed E-state index contributed by atoms with van der Waals surface area (Å²) in [7, 11) is 0. The van der Waals surface area contributed by atoms with Crippen LogP contribution in [-0.4, -0.2) is 22.9 Å². The molecule has 0 saturated carbocycles. The Hall–Kier alpha value is -3.80. The van der Waals surface area contributed by atoms with Gasteiger partial charge in [0.2, 0.25) is 0 Å². The van der Waals surface area contributed by atoms with Crippen molar-refractivity contribution in [3.05, 3.63) is 106 Å². The fourth-order valence-corrected chi connectivity index (χ4v) is 4.80. The lowest BCUT2D eigenvalue weighted by atomic mass is 9.96. The van der Waals surface area contributed by atoms with Gasteiger partial charge in [-0.2, -0.15) is 0 Å². The van der Waals surface area contributed by atoms with E-state index in [9.17, 15) is 18.4 Å². The van der Waals surface area contributed by atoms with E-state index in [0.717, 1.165) is 47.1 Å². The first kappa shape index (κ1) is 27.2. The lowest BCUT2D eigenvalue weighted by Crippen LogP contribution is -2.11. The maximum atomic E-state index is 13.7. The van der Waals surface area contributed by atoms with E-state index in [2.05, 4.69) is 4.57 Å². The zero-order chi connectivity index (χ0) is 27.2. The maximum Gasteiger partial charge on any atom is 0.338 e. The van der Waals surface area contributed by atoms with E-state index < -0.39 is 11.6 Å². The molecule has 4 nitrogen and oxygen atoms in total. The van der Waals surface area contributed by atoms with Crippen LogP contribution >= 0.6 is 0 Å². The van der Waals surface area contributed by atoms with E-state index in [-0.39, 0.29) is 24.1 Å². The van der Waals surface area contributed by atoms with Gasteiger partial charge in [-0.3, -0.25) is 4.79 Å². The van der Waals surface area contributed by atoms with Crippen molar-refractivity contribution >= 4 is 22.7 Å². The fraction of sp³-hybridized carbons (Fsp3) is 0.312. The van der Waals surface area contributed by atoms with Crippen molar-refractivity contribution < 1.29 is 23.1 Å². The van der Waals surface area contributed by atoms with Crippen LogP contribution in [-0.2, 0) is 17.7 Å². The predicted molar refractivity (Wildman–Crippen MR) is 146 cm³/mol. The molecule has 0 aliphatic rings. The van der Waals surface area contributed by atoms with Gasteiger partial charge in [0.05, 0.1) is 17.7 Å². The molecule has 0 amide bonds. The van der Waals surface area contributed by atoms with Gasteiger partial charge in [0.15, 0.2) is 17.4 Å². The molecule has 38 heavy (non-hydrogen) atoms. The van der Waals surface area contributed by atoms with E-state index in [0.29, 0.717) is 36.3 Å². The third-order valence-electron chi connectivity index (χ3n) is 6.71. The number of aromatic nitrogens is 1. The molecule has 3 aromatic carbocycles. The maximum absolute atomic E-state index is 13.7. The molecule has 0 aliphatic heterocycles. The van der Waals surface area contributed by atoms with Crippen LogP contribution in [0.2, 0.25) is 0 Å². The number of carbonyl (C=O) groups excluding carboxylic acids is 2. The van der Waals surface area contributed by atoms with Gasteiger partial charge in [0.25, 0.3) is 0 Å². The van der Waals surface area contributed by atoms with Gasteiger partial charge in [0.1, 0.15) is 0 Å². The third kappa shape index (κ3) is 6.01. The average Bonchev–Trinajstić information content (AvgIpc) is 3.23. The number of esters is 1. The quantitative estimate of drug-likeness (QED) is 0.116. The van der Waals surface area contributed by atoms with Gasteiger partial charge in [-0.25, -0.2) is 13.6 Å². The number of rotatable bonds is 11. The Balaban J connectivity index is 1.77. The monoisotopic (exact) mass is 517 g/mol. The van der Waals surface area contributed by atoms with Crippen LogP contribution in [0.4, 0.5) is 8.78 Å². The highest BCUT2D eigenvalue weighted by Crippen LogP contribution is 2.34. The Bertz CT molecular complexity index is 1440. The SMILES string of the molecule is CCCCOC(=O)c1ccc2c(C(=O)CCc3ccc(F)c(F)c3)c(C(C)C)n(Cc3ccccc3)c2c1. The number of benzene rings is 3. The molecule has 4 rings (SSSR count). The molecular weight excluding hydrogens is 484 g/mol. The van der Waals surface area contributed by atoms with Crippen molar-refractivity contribution in [1.29, 1.82) is 0 Å². The Labute approximate surface area is 222 Å². The Morgan fingerprint density at radius 2 is 1.68 bits per heavy atom. The number of Topliss-reactive ketones (excluding diaryl/α,β-unsaturated/α-hetero) is 1. The summed E-state index contributed by atoms with van der Waals surface area (Å²) in [6.07, 6.45) is 2.17. The number of nitrogens with zero attached hydrogens (tertiary/aromatic N) is 1. The third-order valence-corrected chi connectivity index (χ3v) is 6.71. The van der Waals surface area contributed by atoms with Gasteiger partial charge in [-0.15, -0.1) is 0 Å². The van der Waals surface area contributed by atoms with Crippen LogP contribution in [0.15, 0.2) is 66.7 Å². The van der Waals surface area contributed by atoms with Crippen LogP contribution in [0.5, 0.6) is 0 Å². The van der Waals surface area contributed by atoms with Gasteiger partial charge in [-0.1, -0.05) is 69.7 Å². The van der Waals surface area contributed by atoms with Crippen molar-refractivity contribution in [2.24, 2.45) is 0 Å². The lowest BCUT2D eigenvalue weighted by Gasteiger charge is -2.15. The van der Waals surface area contributed by atoms with Crippen molar-refractivity contribution in [2.75, 3.05) is 6.61 Å². The number of ketones is 1. The minimum absolute atomic E-state index is 0.0216. The largest absolute Gasteiger partial charge is 0.462 e. The van der Waals surface area contributed by atoms with Crippen LogP contribution in [0, 0.1) is 11.6 Å². The highest BCUT2D eigenvalue weighted by atomic mass is 19.2. The molecular formula is C32H33F2NO3. The van der Waals surface area contributed by atoms with Gasteiger partial charge >= 0.3 is 5.97 Å². The molecule has 0 fully saturated rings. The first-order chi connectivity index (χ1) is 18.3. The molecule has 6 heteroatoms. The topological polar surface area (TPSA) is 48.3 Å². The molecule has 0 unspecified atom stereocenters. The molecule has 1 heterocycles. The Morgan fingerprint density at radius 1 is 0.921 bits per heavy atom. The van der Waals surface area contributed by atoms with Crippen molar-refractivity contribution in [2.45, 2.75) is 58.9 Å². The van der Waals surface area contributed by atoms with E-state index in [4.69, 9.17) is 4.74 Å². The number of carbonyl (C=O) groups is 2. The van der Waals surface area contributed by atoms with Crippen LogP contribution in [0.3, 0.4) is 0 Å². The molecule has 0 radical (unpaired) electrons. The first-order valence-electron chi connectivity index (χ1n) is 13.1. The second-order valence-corrected chi connectivity index (χ2v) is 9.88. The highest BCUT2D eigenvalue weighted by molar-refractivity contribution is 6.11. The molecule has 0 atom stereocenters. The molecule has 4 aromatic rings. The summed E-state index contributed by atoms with van der Waals surface area (Å²) in [4.78, 5) is 26.4. The Morgan fingerprint density at radius 3 is 2.37 bits per heavy atom. The van der Waals surface area contributed by atoms with E-state index >= 15 is 0 Å². The first-order valence-corrected chi connectivity index (χ1v) is 13.1. The van der Waals surface area contributed by atoms with Crippen molar-refractivity contribution in [3.8, 4) is 0 Å². The van der Waals surface area contributed by atoms with Crippen LogP contribution in [0.1, 0.15) is 83.5 Å². The smallest absolute Gasteiger partial charge is 0.338 e. The molecule has 0 bridgehead atoms. The summed E-state index contributed by atoms with van der Waals surface area (Å²) in [6, 6.07) is 19.0. The summed E-state index contributed by atoms with van der Waals surface area (Å²) in [5.74, 6) is -2.27. The summed E-state index contributed by atoms with van der Waals surface area (Å²) < 4.78 is 34.6. The van der Waals surface area contributed by atoms with Gasteiger partial charge < -0.3 is 9.30 Å². The minimum Gasteiger partial charge on any atom is -0.462 e. The number of hydrogen-bond acceptors (Lipinski definition) is 3. The van der Waals surface area contributed by atoms with Gasteiger partial charge in [0, 0.05) is 29.6 Å². The van der Waals surface area contributed by atoms with Crippen LogP contribution < -0.4 is 0 Å². The number of halogens is 2. The predicted octanol–water partition coefficient (Wildman–Crippen LogP) is 7.86. The van der Waals surface area contributed by atoms with Gasteiger partial charge in [-0.05, 0) is 54.2 Å².